The summed E-state index contributed by atoms with van der Waals surface area (Å²) in [5, 5.41) is 4.22. The highest BCUT2D eigenvalue weighted by atomic mass is 35.5. The molecule has 0 aromatic heterocycles. The molecule has 0 spiro atoms. The van der Waals surface area contributed by atoms with Crippen LogP contribution >= 0.6 is 11.6 Å². The van der Waals surface area contributed by atoms with Gasteiger partial charge >= 0.3 is 0 Å². The Kier molecular flexibility index (Phi) is 4.88. The summed E-state index contributed by atoms with van der Waals surface area (Å²) < 4.78 is 0. The maximum atomic E-state index is 6.07. The number of halogens is 1. The maximum Gasteiger partial charge on any atom is 0.0409 e. The van der Waals surface area contributed by atoms with Crippen LogP contribution in [0.3, 0.4) is 0 Å². The highest BCUT2D eigenvalue weighted by molar-refractivity contribution is 6.30. The van der Waals surface area contributed by atoms with Crippen LogP contribution in [0.2, 0.25) is 5.02 Å². The first-order valence-corrected chi connectivity index (χ1v) is 7.53. The fourth-order valence-corrected chi connectivity index (χ4v) is 3.13. The molecule has 1 aliphatic rings. The predicted molar refractivity (Wildman–Crippen MR) is 82.7 cm³/mol. The first kappa shape index (κ1) is 14.8. The zero-order chi connectivity index (χ0) is 13.9. The molecule has 0 saturated carbocycles. The monoisotopic (exact) mass is 280 g/mol. The van der Waals surface area contributed by atoms with Crippen molar-refractivity contribution in [2.45, 2.75) is 32.7 Å². The molecular formula is C16H25ClN2. The minimum absolute atomic E-state index is 0.391. The molecule has 1 saturated heterocycles. The molecule has 1 aromatic carbocycles. The number of likely N-dealkylation sites (tertiary alicyclic amines) is 1. The largest absolute Gasteiger partial charge is 0.313 e. The molecule has 2 nitrogen and oxygen atoms in total. The van der Waals surface area contributed by atoms with Crippen LogP contribution in [-0.2, 0) is 0 Å². The summed E-state index contributed by atoms with van der Waals surface area (Å²) in [6, 6.07) is 8.57. The van der Waals surface area contributed by atoms with Crippen molar-refractivity contribution in [1.82, 2.24) is 10.2 Å². The van der Waals surface area contributed by atoms with Gasteiger partial charge in [0.05, 0.1) is 0 Å². The van der Waals surface area contributed by atoms with Crippen molar-refractivity contribution >= 4 is 11.6 Å². The van der Waals surface area contributed by atoms with Crippen molar-refractivity contribution in [3.8, 4) is 0 Å². The van der Waals surface area contributed by atoms with E-state index in [4.69, 9.17) is 11.6 Å². The van der Waals surface area contributed by atoms with E-state index in [2.05, 4.69) is 36.2 Å². The molecule has 0 bridgehead atoms. The predicted octanol–water partition coefficient (Wildman–Crippen LogP) is 3.72. The molecule has 1 aliphatic heterocycles. The van der Waals surface area contributed by atoms with E-state index in [1.807, 2.05) is 19.2 Å². The zero-order valence-corrected chi connectivity index (χ0v) is 13.0. The Hall–Kier alpha value is -0.570. The molecule has 1 aromatic rings. The van der Waals surface area contributed by atoms with Crippen molar-refractivity contribution in [3.63, 3.8) is 0 Å². The van der Waals surface area contributed by atoms with Crippen LogP contribution in [0.1, 0.15) is 38.3 Å². The minimum Gasteiger partial charge on any atom is -0.313 e. The number of hydrogen-bond acceptors (Lipinski definition) is 2. The summed E-state index contributed by atoms with van der Waals surface area (Å²) in [4.78, 5) is 2.58. The van der Waals surface area contributed by atoms with Crippen molar-refractivity contribution in [2.75, 3.05) is 26.7 Å². The highest BCUT2D eigenvalue weighted by Gasteiger charge is 2.29. The fraction of sp³-hybridized carbons (Fsp3) is 0.625. The van der Waals surface area contributed by atoms with Crippen molar-refractivity contribution in [3.05, 3.63) is 34.9 Å². The van der Waals surface area contributed by atoms with Gasteiger partial charge in [0.2, 0.25) is 0 Å². The van der Waals surface area contributed by atoms with Gasteiger partial charge in [0, 0.05) is 17.6 Å². The minimum atomic E-state index is 0.391. The summed E-state index contributed by atoms with van der Waals surface area (Å²) in [5.41, 5.74) is 1.78. The topological polar surface area (TPSA) is 15.3 Å². The summed E-state index contributed by atoms with van der Waals surface area (Å²) in [5.74, 6) is 0. The first-order chi connectivity index (χ1) is 9.00. The Labute approximate surface area is 122 Å². The molecule has 0 amide bonds. The van der Waals surface area contributed by atoms with E-state index < -0.39 is 0 Å². The van der Waals surface area contributed by atoms with Gasteiger partial charge in [0.25, 0.3) is 0 Å². The van der Waals surface area contributed by atoms with E-state index in [1.54, 1.807) is 0 Å². The Bertz CT molecular complexity index is 417. The van der Waals surface area contributed by atoms with Gasteiger partial charge < -0.3 is 10.2 Å². The Morgan fingerprint density at radius 3 is 2.79 bits per heavy atom. The third kappa shape index (κ3) is 4.20. The van der Waals surface area contributed by atoms with Crippen molar-refractivity contribution < 1.29 is 0 Å². The number of rotatable bonds is 5. The highest BCUT2D eigenvalue weighted by Crippen LogP contribution is 2.29. The normalized spacial score (nSPS) is 20.6. The molecule has 1 unspecified atom stereocenters. The molecule has 1 atom stereocenters. The van der Waals surface area contributed by atoms with E-state index in [0.29, 0.717) is 11.5 Å². The molecule has 0 radical (unpaired) electrons. The average molecular weight is 281 g/mol. The smallest absolute Gasteiger partial charge is 0.0409 e. The van der Waals surface area contributed by atoms with Crippen LogP contribution in [0.4, 0.5) is 0 Å². The second-order valence-corrected chi connectivity index (χ2v) is 6.81. The fourth-order valence-electron chi connectivity index (χ4n) is 2.93. The molecule has 0 aliphatic carbocycles. The number of benzene rings is 1. The number of nitrogens with zero attached hydrogens (tertiary/aromatic N) is 1. The van der Waals surface area contributed by atoms with Gasteiger partial charge in [-0.25, -0.2) is 0 Å². The maximum absolute atomic E-state index is 6.07. The van der Waals surface area contributed by atoms with Crippen LogP contribution in [0.15, 0.2) is 24.3 Å². The second kappa shape index (κ2) is 6.25. The molecule has 19 heavy (non-hydrogen) atoms. The van der Waals surface area contributed by atoms with E-state index >= 15 is 0 Å². The number of hydrogen-bond donors (Lipinski definition) is 1. The summed E-state index contributed by atoms with van der Waals surface area (Å²) in [6.07, 6.45) is 2.45. The van der Waals surface area contributed by atoms with Gasteiger partial charge in [-0.3, -0.25) is 0 Å². The summed E-state index contributed by atoms with van der Waals surface area (Å²) in [7, 11) is 2.03. The van der Waals surface area contributed by atoms with Gasteiger partial charge in [-0.1, -0.05) is 37.6 Å². The van der Waals surface area contributed by atoms with E-state index in [0.717, 1.165) is 18.0 Å². The van der Waals surface area contributed by atoms with E-state index in [-0.39, 0.29) is 0 Å². The standard InChI is InChI=1S/C16H25ClN2/c1-16(2)8-10-19(12-16)9-7-15(18-3)13-5-4-6-14(17)11-13/h4-6,11,15,18H,7-10,12H2,1-3H3. The molecule has 1 heterocycles. The first-order valence-electron chi connectivity index (χ1n) is 7.15. The van der Waals surface area contributed by atoms with Crippen LogP contribution in [0, 0.1) is 5.41 Å². The van der Waals surface area contributed by atoms with Crippen LogP contribution < -0.4 is 5.32 Å². The lowest BCUT2D eigenvalue weighted by atomic mass is 9.93. The van der Waals surface area contributed by atoms with Gasteiger partial charge in [0.15, 0.2) is 0 Å². The van der Waals surface area contributed by atoms with E-state index in [9.17, 15) is 0 Å². The van der Waals surface area contributed by atoms with Gasteiger partial charge in [0.1, 0.15) is 0 Å². The van der Waals surface area contributed by atoms with Gasteiger partial charge in [-0.05, 0) is 56.1 Å². The van der Waals surface area contributed by atoms with Crippen LogP contribution in [-0.4, -0.2) is 31.6 Å². The van der Waals surface area contributed by atoms with E-state index in [1.165, 1.54) is 25.1 Å². The number of nitrogens with one attached hydrogen (secondary N) is 1. The average Bonchev–Trinajstić information content (AvgIpc) is 2.70. The van der Waals surface area contributed by atoms with Crippen molar-refractivity contribution in [2.24, 2.45) is 5.41 Å². The molecule has 3 heteroatoms. The third-order valence-electron chi connectivity index (χ3n) is 4.09. The summed E-state index contributed by atoms with van der Waals surface area (Å²) in [6.45, 7) is 8.33. The van der Waals surface area contributed by atoms with Crippen molar-refractivity contribution in [1.29, 1.82) is 0 Å². The lowest BCUT2D eigenvalue weighted by molar-refractivity contribution is 0.276. The second-order valence-electron chi connectivity index (χ2n) is 6.38. The van der Waals surface area contributed by atoms with Gasteiger partial charge in [-0.2, -0.15) is 0 Å². The molecule has 106 valence electrons. The Balaban J connectivity index is 1.90. The van der Waals surface area contributed by atoms with Crippen LogP contribution in [0.5, 0.6) is 0 Å². The lowest BCUT2D eigenvalue weighted by Crippen LogP contribution is -2.28. The quantitative estimate of drug-likeness (QED) is 0.884. The Morgan fingerprint density at radius 2 is 2.21 bits per heavy atom. The zero-order valence-electron chi connectivity index (χ0n) is 12.2. The molecular weight excluding hydrogens is 256 g/mol. The molecule has 1 fully saturated rings. The van der Waals surface area contributed by atoms with Gasteiger partial charge in [-0.15, -0.1) is 0 Å². The van der Waals surface area contributed by atoms with Crippen LogP contribution in [0.25, 0.3) is 0 Å². The molecule has 2 rings (SSSR count). The summed E-state index contributed by atoms with van der Waals surface area (Å²) >= 11 is 6.07. The molecule has 1 N–H and O–H groups in total. The lowest BCUT2D eigenvalue weighted by Gasteiger charge is -2.23. The third-order valence-corrected chi connectivity index (χ3v) is 4.33. The Morgan fingerprint density at radius 1 is 1.42 bits per heavy atom. The SMILES string of the molecule is CNC(CCN1CCC(C)(C)C1)c1cccc(Cl)c1.